The lowest BCUT2D eigenvalue weighted by molar-refractivity contribution is 0.285. The highest BCUT2D eigenvalue weighted by Gasteiger charge is 2.21. The van der Waals surface area contributed by atoms with E-state index in [0.717, 1.165) is 70.1 Å². The van der Waals surface area contributed by atoms with Crippen LogP contribution < -0.4 is 9.47 Å². The molecule has 0 aliphatic carbocycles. The molecule has 4 aromatic rings. The van der Waals surface area contributed by atoms with Crippen molar-refractivity contribution in [2.24, 2.45) is 0 Å². The molecule has 5 rings (SSSR count). The summed E-state index contributed by atoms with van der Waals surface area (Å²) >= 11 is 0. The Labute approximate surface area is 164 Å². The highest BCUT2D eigenvalue weighted by molar-refractivity contribution is 6.07. The second-order valence-electron chi connectivity index (χ2n) is 7.14. The smallest absolute Gasteiger partial charge is 0.129 e. The van der Waals surface area contributed by atoms with E-state index in [9.17, 15) is 0 Å². The van der Waals surface area contributed by atoms with Crippen LogP contribution in [0, 0.1) is 0 Å². The maximum Gasteiger partial charge on any atom is 0.129 e. The first-order valence-corrected chi connectivity index (χ1v) is 9.93. The van der Waals surface area contributed by atoms with Crippen molar-refractivity contribution in [1.29, 1.82) is 0 Å². The molecule has 0 radical (unpaired) electrons. The van der Waals surface area contributed by atoms with Crippen LogP contribution in [0.5, 0.6) is 11.5 Å². The van der Waals surface area contributed by atoms with E-state index < -0.39 is 0 Å². The van der Waals surface area contributed by atoms with Gasteiger partial charge in [-0.05, 0) is 62.1 Å². The first-order chi connectivity index (χ1) is 13.9. The number of rotatable bonds is 0. The lowest BCUT2D eigenvalue weighted by Gasteiger charge is -2.19. The molecule has 3 heterocycles. The van der Waals surface area contributed by atoms with Crippen LogP contribution in [0.25, 0.3) is 32.9 Å². The Kier molecular flexibility index (Phi) is 4.53. The Morgan fingerprint density at radius 1 is 0.571 bits per heavy atom. The van der Waals surface area contributed by atoms with Crippen molar-refractivity contribution in [3.05, 3.63) is 60.9 Å². The van der Waals surface area contributed by atoms with Crippen molar-refractivity contribution < 1.29 is 9.47 Å². The van der Waals surface area contributed by atoms with Gasteiger partial charge in [0, 0.05) is 23.2 Å². The molecular formula is C24H22N2O2. The van der Waals surface area contributed by atoms with E-state index in [0.29, 0.717) is 13.2 Å². The van der Waals surface area contributed by atoms with Gasteiger partial charge in [0.1, 0.15) is 11.5 Å². The molecule has 0 atom stereocenters. The molecule has 0 bridgehead atoms. The van der Waals surface area contributed by atoms with Crippen molar-refractivity contribution in [3.8, 4) is 22.6 Å². The molecule has 4 heteroatoms. The van der Waals surface area contributed by atoms with Crippen LogP contribution in [0.15, 0.2) is 60.9 Å². The lowest BCUT2D eigenvalue weighted by atomic mass is 9.97. The van der Waals surface area contributed by atoms with Crippen LogP contribution in [0.3, 0.4) is 0 Å². The summed E-state index contributed by atoms with van der Waals surface area (Å²) < 4.78 is 12.5. The van der Waals surface area contributed by atoms with Crippen LogP contribution in [0.2, 0.25) is 0 Å². The monoisotopic (exact) mass is 370 g/mol. The van der Waals surface area contributed by atoms with Crippen LogP contribution in [-0.4, -0.2) is 23.2 Å². The molecule has 140 valence electrons. The van der Waals surface area contributed by atoms with Crippen molar-refractivity contribution in [2.45, 2.75) is 25.7 Å². The molecule has 2 aromatic carbocycles. The van der Waals surface area contributed by atoms with E-state index in [1.807, 2.05) is 24.5 Å². The Morgan fingerprint density at radius 2 is 1.07 bits per heavy atom. The minimum Gasteiger partial charge on any atom is -0.493 e. The third-order valence-corrected chi connectivity index (χ3v) is 5.28. The molecule has 0 amide bonds. The van der Waals surface area contributed by atoms with Gasteiger partial charge >= 0.3 is 0 Å². The van der Waals surface area contributed by atoms with E-state index >= 15 is 0 Å². The number of ether oxygens (including phenoxy) is 2. The number of pyridine rings is 2. The molecule has 0 N–H and O–H groups in total. The van der Waals surface area contributed by atoms with E-state index in [1.165, 1.54) is 0 Å². The van der Waals surface area contributed by atoms with E-state index in [1.54, 1.807) is 0 Å². The van der Waals surface area contributed by atoms with Gasteiger partial charge in [-0.25, -0.2) is 0 Å². The van der Waals surface area contributed by atoms with Crippen LogP contribution in [-0.2, 0) is 0 Å². The van der Waals surface area contributed by atoms with Gasteiger partial charge in [-0.3, -0.25) is 9.97 Å². The van der Waals surface area contributed by atoms with Crippen LogP contribution in [0.1, 0.15) is 25.7 Å². The zero-order chi connectivity index (χ0) is 18.8. The predicted octanol–water partition coefficient (Wildman–Crippen LogP) is 5.78. The summed E-state index contributed by atoms with van der Waals surface area (Å²) in [5, 5.41) is 2.16. The van der Waals surface area contributed by atoms with Crippen molar-refractivity contribution in [1.82, 2.24) is 9.97 Å². The number of hydrogen-bond acceptors (Lipinski definition) is 4. The Hall–Kier alpha value is -3.14. The third kappa shape index (κ3) is 3.05. The molecule has 0 fully saturated rings. The summed E-state index contributed by atoms with van der Waals surface area (Å²) in [7, 11) is 0. The van der Waals surface area contributed by atoms with Crippen molar-refractivity contribution in [2.75, 3.05) is 13.2 Å². The zero-order valence-electron chi connectivity index (χ0n) is 15.7. The first-order valence-electron chi connectivity index (χ1n) is 9.93. The summed E-state index contributed by atoms with van der Waals surface area (Å²) in [6.07, 6.45) is 8.05. The summed E-state index contributed by atoms with van der Waals surface area (Å²) in [5.74, 6) is 1.68. The Bertz CT molecular complexity index is 1050. The maximum atomic E-state index is 6.25. The second kappa shape index (κ2) is 7.47. The minimum atomic E-state index is 0.708. The highest BCUT2D eigenvalue weighted by atomic mass is 16.5. The lowest BCUT2D eigenvalue weighted by Crippen LogP contribution is -2.05. The van der Waals surface area contributed by atoms with Crippen LogP contribution in [0.4, 0.5) is 0 Å². The zero-order valence-corrected chi connectivity index (χ0v) is 15.7. The molecule has 1 aliphatic heterocycles. The molecule has 0 saturated heterocycles. The standard InChI is InChI=1S/C24H22N2O2/c1-2-4-16-28-20-12-10-18-8-6-14-26-24(18)22(20)21-19(27-15-3-1)11-9-17-7-5-13-25-23(17)21/h5-14H,1-4,15-16H2. The van der Waals surface area contributed by atoms with Gasteiger partial charge in [0.15, 0.2) is 0 Å². The second-order valence-corrected chi connectivity index (χ2v) is 7.14. The van der Waals surface area contributed by atoms with Gasteiger partial charge in [-0.2, -0.15) is 0 Å². The molecule has 0 spiro atoms. The summed E-state index contributed by atoms with van der Waals surface area (Å²) in [6, 6.07) is 16.3. The molecule has 0 saturated carbocycles. The number of aromatic nitrogens is 2. The first kappa shape index (κ1) is 17.0. The summed E-state index contributed by atoms with van der Waals surface area (Å²) in [4.78, 5) is 9.41. The highest BCUT2D eigenvalue weighted by Crippen LogP contribution is 2.44. The predicted molar refractivity (Wildman–Crippen MR) is 112 cm³/mol. The number of nitrogens with zero attached hydrogens (tertiary/aromatic N) is 2. The third-order valence-electron chi connectivity index (χ3n) is 5.28. The van der Waals surface area contributed by atoms with E-state index in [2.05, 4.69) is 36.4 Å². The fourth-order valence-electron chi connectivity index (χ4n) is 3.90. The fourth-order valence-corrected chi connectivity index (χ4v) is 3.90. The van der Waals surface area contributed by atoms with Gasteiger partial charge < -0.3 is 9.47 Å². The number of fused-ring (bicyclic) bond motifs is 7. The molecule has 1 aliphatic rings. The number of benzene rings is 2. The topological polar surface area (TPSA) is 44.2 Å². The van der Waals surface area contributed by atoms with Crippen molar-refractivity contribution >= 4 is 21.8 Å². The van der Waals surface area contributed by atoms with E-state index in [-0.39, 0.29) is 0 Å². The normalized spacial score (nSPS) is 14.9. The largest absolute Gasteiger partial charge is 0.493 e. The maximum absolute atomic E-state index is 6.25. The Morgan fingerprint density at radius 3 is 1.57 bits per heavy atom. The molecule has 28 heavy (non-hydrogen) atoms. The molecule has 2 aromatic heterocycles. The number of hydrogen-bond donors (Lipinski definition) is 0. The fraction of sp³-hybridized carbons (Fsp3) is 0.250. The van der Waals surface area contributed by atoms with Gasteiger partial charge in [-0.15, -0.1) is 0 Å². The van der Waals surface area contributed by atoms with Gasteiger partial charge in [0.05, 0.1) is 35.4 Å². The molecular weight excluding hydrogens is 348 g/mol. The minimum absolute atomic E-state index is 0.708. The van der Waals surface area contributed by atoms with Crippen LogP contribution >= 0.6 is 0 Å². The Balaban J connectivity index is 1.85. The van der Waals surface area contributed by atoms with Gasteiger partial charge in [0.25, 0.3) is 0 Å². The van der Waals surface area contributed by atoms with Gasteiger partial charge in [0.2, 0.25) is 0 Å². The van der Waals surface area contributed by atoms with Gasteiger partial charge in [-0.1, -0.05) is 12.1 Å². The average Bonchev–Trinajstić information content (AvgIpc) is 2.74. The van der Waals surface area contributed by atoms with E-state index in [4.69, 9.17) is 19.4 Å². The quantitative estimate of drug-likeness (QED) is 0.393. The molecule has 4 nitrogen and oxygen atoms in total. The van der Waals surface area contributed by atoms with Crippen molar-refractivity contribution in [3.63, 3.8) is 0 Å². The average molecular weight is 370 g/mol. The SMILES string of the molecule is c1cnc2c3c(ccc2c1)OCCCCCCOc1ccc2cccnc2c1-3. The summed E-state index contributed by atoms with van der Waals surface area (Å²) in [5.41, 5.74) is 3.77. The summed E-state index contributed by atoms with van der Waals surface area (Å²) in [6.45, 7) is 1.42. The molecule has 0 unspecified atom stereocenters.